The molecule has 0 saturated heterocycles. The average molecular weight is 406 g/mol. The van der Waals surface area contributed by atoms with E-state index in [0.29, 0.717) is 26.4 Å². The van der Waals surface area contributed by atoms with Crippen molar-refractivity contribution in [3.8, 4) is 11.3 Å². The number of hydrogen-bond acceptors (Lipinski definition) is 4. The average Bonchev–Trinajstić information content (AvgIpc) is 3.02. The number of rotatable bonds is 4. The maximum atomic E-state index is 12.3. The number of aromatic nitrogens is 1. The van der Waals surface area contributed by atoms with Crippen molar-refractivity contribution in [2.75, 3.05) is 10.6 Å². The normalized spacial score (nSPS) is 10.4. The van der Waals surface area contributed by atoms with Crippen LogP contribution in [0.3, 0.4) is 0 Å². The maximum Gasteiger partial charge on any atom is 0.257 e. The van der Waals surface area contributed by atoms with E-state index in [1.165, 1.54) is 30.4 Å². The lowest BCUT2D eigenvalue weighted by molar-refractivity contribution is -0.114. The second-order valence-electron chi connectivity index (χ2n) is 5.41. The summed E-state index contributed by atoms with van der Waals surface area (Å²) in [6.07, 6.45) is 0. The van der Waals surface area contributed by atoms with Gasteiger partial charge in [-0.15, -0.1) is 11.3 Å². The predicted octanol–water partition coefficient (Wildman–Crippen LogP) is 5.33. The van der Waals surface area contributed by atoms with Gasteiger partial charge < -0.3 is 5.32 Å². The van der Waals surface area contributed by atoms with E-state index in [2.05, 4.69) is 15.6 Å². The summed E-state index contributed by atoms with van der Waals surface area (Å²) < 4.78 is 0. The molecule has 0 aliphatic carbocycles. The fourth-order valence-electron chi connectivity index (χ4n) is 2.25. The molecule has 1 aromatic heterocycles. The molecule has 0 radical (unpaired) electrons. The smallest absolute Gasteiger partial charge is 0.257 e. The predicted molar refractivity (Wildman–Crippen MR) is 106 cm³/mol. The van der Waals surface area contributed by atoms with Gasteiger partial charge in [-0.25, -0.2) is 4.98 Å². The molecular weight excluding hydrogens is 393 g/mol. The number of halogens is 2. The molecule has 132 valence electrons. The molecule has 8 heteroatoms. The minimum atomic E-state index is -0.337. The SMILES string of the molecule is CC(=O)Nc1ccc(-c2csc(NC(=O)c3cc(Cl)cc(Cl)c3)n2)cc1. The number of carbonyl (C=O) groups excluding carboxylic acids is 2. The second kappa shape index (κ2) is 7.86. The van der Waals surface area contributed by atoms with Crippen LogP contribution in [0.25, 0.3) is 11.3 Å². The Balaban J connectivity index is 1.73. The molecule has 5 nitrogen and oxygen atoms in total. The fraction of sp³-hybridized carbons (Fsp3) is 0.0556. The Labute approximate surface area is 164 Å². The molecule has 3 rings (SSSR count). The number of amides is 2. The Morgan fingerprint density at radius 1 is 1.00 bits per heavy atom. The van der Waals surface area contributed by atoms with Crippen LogP contribution in [0.4, 0.5) is 10.8 Å². The third-order valence-electron chi connectivity index (χ3n) is 3.35. The Bertz CT molecular complexity index is 951. The second-order valence-corrected chi connectivity index (χ2v) is 7.14. The van der Waals surface area contributed by atoms with Crippen molar-refractivity contribution in [1.82, 2.24) is 4.98 Å². The molecule has 0 aliphatic heterocycles. The third kappa shape index (κ3) is 4.60. The number of anilines is 2. The van der Waals surface area contributed by atoms with E-state index in [1.54, 1.807) is 18.2 Å². The van der Waals surface area contributed by atoms with E-state index in [0.717, 1.165) is 11.3 Å². The molecule has 2 amide bonds. The van der Waals surface area contributed by atoms with E-state index in [4.69, 9.17) is 23.2 Å². The number of benzene rings is 2. The molecule has 0 spiro atoms. The summed E-state index contributed by atoms with van der Waals surface area (Å²) in [4.78, 5) is 27.8. The van der Waals surface area contributed by atoms with E-state index in [-0.39, 0.29) is 11.8 Å². The van der Waals surface area contributed by atoms with Crippen LogP contribution in [0.1, 0.15) is 17.3 Å². The number of hydrogen-bond donors (Lipinski definition) is 2. The van der Waals surface area contributed by atoms with Gasteiger partial charge in [-0.1, -0.05) is 35.3 Å². The first-order chi connectivity index (χ1) is 12.4. The monoisotopic (exact) mass is 405 g/mol. The highest BCUT2D eigenvalue weighted by Gasteiger charge is 2.11. The molecule has 2 N–H and O–H groups in total. The van der Waals surface area contributed by atoms with Gasteiger partial charge in [0.25, 0.3) is 5.91 Å². The number of nitrogens with one attached hydrogen (secondary N) is 2. The van der Waals surface area contributed by atoms with Crippen molar-refractivity contribution in [2.24, 2.45) is 0 Å². The van der Waals surface area contributed by atoms with Gasteiger partial charge in [-0.05, 0) is 30.3 Å². The summed E-state index contributed by atoms with van der Waals surface area (Å²) in [5, 5.41) is 8.53. The molecule has 0 atom stereocenters. The molecule has 3 aromatic rings. The van der Waals surface area contributed by atoms with Gasteiger partial charge in [0.1, 0.15) is 0 Å². The Hall–Kier alpha value is -2.41. The Kier molecular flexibility index (Phi) is 5.56. The van der Waals surface area contributed by atoms with Crippen LogP contribution in [0.5, 0.6) is 0 Å². The van der Waals surface area contributed by atoms with Crippen LogP contribution in [0.15, 0.2) is 47.8 Å². The summed E-state index contributed by atoms with van der Waals surface area (Å²) in [6, 6.07) is 11.9. The minimum absolute atomic E-state index is 0.127. The number of thiazole rings is 1. The largest absolute Gasteiger partial charge is 0.326 e. The van der Waals surface area contributed by atoms with Crippen molar-refractivity contribution in [2.45, 2.75) is 6.92 Å². The first-order valence-electron chi connectivity index (χ1n) is 7.52. The quantitative estimate of drug-likeness (QED) is 0.616. The minimum Gasteiger partial charge on any atom is -0.326 e. The lowest BCUT2D eigenvalue weighted by atomic mass is 10.1. The molecule has 0 unspecified atom stereocenters. The highest BCUT2D eigenvalue weighted by Crippen LogP contribution is 2.27. The van der Waals surface area contributed by atoms with Crippen LogP contribution in [0.2, 0.25) is 10.0 Å². The van der Waals surface area contributed by atoms with Crippen LogP contribution in [-0.4, -0.2) is 16.8 Å². The zero-order valence-electron chi connectivity index (χ0n) is 13.5. The van der Waals surface area contributed by atoms with Gasteiger partial charge in [0, 0.05) is 39.2 Å². The van der Waals surface area contributed by atoms with Gasteiger partial charge in [0.05, 0.1) is 5.69 Å². The van der Waals surface area contributed by atoms with E-state index in [9.17, 15) is 9.59 Å². The molecule has 0 fully saturated rings. The zero-order valence-corrected chi connectivity index (χ0v) is 15.9. The van der Waals surface area contributed by atoms with Crippen molar-refractivity contribution in [3.63, 3.8) is 0 Å². The van der Waals surface area contributed by atoms with Crippen LogP contribution in [0, 0.1) is 0 Å². The maximum absolute atomic E-state index is 12.3. The van der Waals surface area contributed by atoms with Crippen molar-refractivity contribution in [1.29, 1.82) is 0 Å². The van der Waals surface area contributed by atoms with Gasteiger partial charge in [0.15, 0.2) is 5.13 Å². The van der Waals surface area contributed by atoms with Crippen LogP contribution >= 0.6 is 34.5 Å². The van der Waals surface area contributed by atoms with E-state index < -0.39 is 0 Å². The van der Waals surface area contributed by atoms with E-state index >= 15 is 0 Å². The number of carbonyl (C=O) groups is 2. The highest BCUT2D eigenvalue weighted by molar-refractivity contribution is 7.14. The summed E-state index contributed by atoms with van der Waals surface area (Å²) in [6.45, 7) is 1.45. The van der Waals surface area contributed by atoms with Gasteiger partial charge in [-0.2, -0.15) is 0 Å². The highest BCUT2D eigenvalue weighted by atomic mass is 35.5. The summed E-state index contributed by atoms with van der Waals surface area (Å²) in [5.74, 6) is -0.464. The lowest BCUT2D eigenvalue weighted by Gasteiger charge is -2.04. The molecule has 0 saturated carbocycles. The van der Waals surface area contributed by atoms with Crippen molar-refractivity contribution >= 4 is 57.2 Å². The van der Waals surface area contributed by atoms with Crippen molar-refractivity contribution < 1.29 is 9.59 Å². The van der Waals surface area contributed by atoms with Crippen LogP contribution < -0.4 is 10.6 Å². The summed E-state index contributed by atoms with van der Waals surface area (Å²) in [5.41, 5.74) is 2.67. The van der Waals surface area contributed by atoms with Gasteiger partial charge in [0.2, 0.25) is 5.91 Å². The summed E-state index contributed by atoms with van der Waals surface area (Å²) in [7, 11) is 0. The van der Waals surface area contributed by atoms with Gasteiger partial charge in [-0.3, -0.25) is 14.9 Å². The fourth-order valence-corrected chi connectivity index (χ4v) is 3.49. The Morgan fingerprint density at radius 3 is 2.27 bits per heavy atom. The molecule has 0 aliphatic rings. The number of nitrogens with zero attached hydrogens (tertiary/aromatic N) is 1. The zero-order chi connectivity index (χ0) is 18.7. The third-order valence-corrected chi connectivity index (χ3v) is 4.54. The molecule has 26 heavy (non-hydrogen) atoms. The van der Waals surface area contributed by atoms with Crippen LogP contribution in [-0.2, 0) is 4.79 Å². The molecule has 2 aromatic carbocycles. The Morgan fingerprint density at radius 2 is 1.65 bits per heavy atom. The summed E-state index contributed by atoms with van der Waals surface area (Å²) >= 11 is 13.2. The lowest BCUT2D eigenvalue weighted by Crippen LogP contribution is -2.11. The topological polar surface area (TPSA) is 71.1 Å². The first-order valence-corrected chi connectivity index (χ1v) is 9.15. The van der Waals surface area contributed by atoms with Gasteiger partial charge >= 0.3 is 0 Å². The first kappa shape index (κ1) is 18.4. The molecule has 0 bridgehead atoms. The molecular formula is C18H13Cl2N3O2S. The standard InChI is InChI=1S/C18H13Cl2N3O2S/c1-10(24)21-15-4-2-11(3-5-15)16-9-26-18(22-16)23-17(25)12-6-13(19)8-14(20)7-12/h2-9H,1H3,(H,21,24)(H,22,23,25). The van der Waals surface area contributed by atoms with Crippen molar-refractivity contribution in [3.05, 3.63) is 63.5 Å². The molecule has 1 heterocycles. The van der Waals surface area contributed by atoms with E-state index in [1.807, 2.05) is 17.5 Å².